The van der Waals surface area contributed by atoms with E-state index in [9.17, 15) is 4.79 Å². The fourth-order valence-corrected chi connectivity index (χ4v) is 2.40. The van der Waals surface area contributed by atoms with Crippen LogP contribution in [0.1, 0.15) is 42.6 Å². The summed E-state index contributed by atoms with van der Waals surface area (Å²) in [6.45, 7) is 4.78. The second-order valence-electron chi connectivity index (χ2n) is 5.41. The van der Waals surface area contributed by atoms with E-state index in [1.54, 1.807) is 6.07 Å². The lowest BCUT2D eigenvalue weighted by atomic mass is 10.1. The zero-order chi connectivity index (χ0) is 15.9. The summed E-state index contributed by atoms with van der Waals surface area (Å²) in [6.07, 6.45) is 6.90. The van der Waals surface area contributed by atoms with Crippen molar-refractivity contribution in [3.05, 3.63) is 47.8 Å². The molecule has 0 aliphatic rings. The van der Waals surface area contributed by atoms with E-state index < -0.39 is 0 Å². The molecule has 0 radical (unpaired) electrons. The van der Waals surface area contributed by atoms with E-state index in [1.165, 1.54) is 0 Å². The van der Waals surface area contributed by atoms with Gasteiger partial charge in [-0.3, -0.25) is 4.79 Å². The van der Waals surface area contributed by atoms with Gasteiger partial charge in [-0.25, -0.2) is 0 Å². The summed E-state index contributed by atoms with van der Waals surface area (Å²) in [4.78, 5) is 12.6. The van der Waals surface area contributed by atoms with Gasteiger partial charge in [-0.15, -0.1) is 0 Å². The molecule has 0 aliphatic heterocycles. The van der Waals surface area contributed by atoms with Gasteiger partial charge in [-0.1, -0.05) is 32.4 Å². The zero-order valence-electron chi connectivity index (χ0n) is 13.6. The number of nitrogens with one attached hydrogen (secondary N) is 1. The van der Waals surface area contributed by atoms with E-state index in [2.05, 4.69) is 18.4 Å². The molecular weight excluding hydrogens is 276 g/mol. The number of anilines is 1. The quantitative estimate of drug-likeness (QED) is 0.839. The Bertz CT molecular complexity index is 632. The van der Waals surface area contributed by atoms with E-state index >= 15 is 0 Å². The minimum Gasteiger partial charge on any atom is -0.493 e. The van der Waals surface area contributed by atoms with Crippen molar-refractivity contribution in [2.24, 2.45) is 7.05 Å². The third-order valence-electron chi connectivity index (χ3n) is 3.40. The summed E-state index contributed by atoms with van der Waals surface area (Å²) < 4.78 is 7.63. The molecule has 22 heavy (non-hydrogen) atoms. The van der Waals surface area contributed by atoms with Gasteiger partial charge in [0.1, 0.15) is 5.75 Å². The van der Waals surface area contributed by atoms with Crippen molar-refractivity contribution < 1.29 is 9.53 Å². The molecule has 0 aliphatic carbocycles. The molecule has 0 saturated heterocycles. The highest BCUT2D eigenvalue weighted by Gasteiger charge is 2.14. The molecule has 1 N–H and O–H groups in total. The summed E-state index contributed by atoms with van der Waals surface area (Å²) in [5, 5.41) is 3.01. The fourth-order valence-electron chi connectivity index (χ4n) is 2.40. The van der Waals surface area contributed by atoms with Gasteiger partial charge in [0, 0.05) is 19.4 Å². The summed E-state index contributed by atoms with van der Waals surface area (Å²) in [7, 11) is 1.97. The number of ether oxygens (including phenoxy) is 1. The Morgan fingerprint density at radius 1 is 1.18 bits per heavy atom. The highest BCUT2D eigenvalue weighted by molar-refractivity contribution is 6.06. The molecule has 0 bridgehead atoms. The van der Waals surface area contributed by atoms with Crippen molar-refractivity contribution >= 4 is 11.6 Å². The van der Waals surface area contributed by atoms with Gasteiger partial charge in [-0.05, 0) is 30.5 Å². The Kier molecular flexibility index (Phi) is 5.64. The number of amides is 1. The van der Waals surface area contributed by atoms with Crippen molar-refractivity contribution in [2.45, 2.75) is 33.1 Å². The summed E-state index contributed by atoms with van der Waals surface area (Å²) in [6, 6.07) is 7.36. The number of carbonyl (C=O) groups excluding carboxylic acids is 1. The number of nitrogens with zero attached hydrogens (tertiary/aromatic N) is 1. The molecule has 0 atom stereocenters. The Morgan fingerprint density at radius 2 is 1.95 bits per heavy atom. The summed E-state index contributed by atoms with van der Waals surface area (Å²) in [5.41, 5.74) is 2.60. The minimum atomic E-state index is -0.129. The van der Waals surface area contributed by atoms with Crippen LogP contribution in [0.25, 0.3) is 0 Å². The first-order chi connectivity index (χ1) is 10.7. The van der Waals surface area contributed by atoms with Crippen LogP contribution in [0.3, 0.4) is 0 Å². The lowest BCUT2D eigenvalue weighted by Crippen LogP contribution is -2.14. The predicted molar refractivity (Wildman–Crippen MR) is 89.6 cm³/mol. The molecule has 1 aromatic carbocycles. The lowest BCUT2D eigenvalue weighted by molar-refractivity contribution is 0.102. The molecule has 1 aromatic heterocycles. The van der Waals surface area contributed by atoms with E-state index in [4.69, 9.17) is 4.74 Å². The molecule has 0 fully saturated rings. The van der Waals surface area contributed by atoms with E-state index in [-0.39, 0.29) is 5.91 Å². The van der Waals surface area contributed by atoms with Crippen LogP contribution in [0.2, 0.25) is 0 Å². The Morgan fingerprint density at radius 3 is 2.68 bits per heavy atom. The predicted octanol–water partition coefficient (Wildman–Crippen LogP) is 4.02. The van der Waals surface area contributed by atoms with Crippen molar-refractivity contribution in [1.29, 1.82) is 0 Å². The number of hydrogen-bond donors (Lipinski definition) is 1. The Hall–Kier alpha value is -2.23. The molecule has 0 spiro atoms. The summed E-state index contributed by atoms with van der Waals surface area (Å²) >= 11 is 0. The highest BCUT2D eigenvalue weighted by atomic mass is 16.5. The molecular formula is C18H24N2O2. The topological polar surface area (TPSA) is 43.3 Å². The molecule has 1 amide bonds. The number of carbonyl (C=O) groups is 1. The van der Waals surface area contributed by atoms with Crippen LogP contribution in [-0.2, 0) is 13.5 Å². The first-order valence-corrected chi connectivity index (χ1v) is 7.83. The third-order valence-corrected chi connectivity index (χ3v) is 3.40. The van der Waals surface area contributed by atoms with Crippen LogP contribution in [0.4, 0.5) is 5.69 Å². The SMILES string of the molecule is CCCOc1ccccc1C(=O)Nc1cn(C)cc1CCC. The van der Waals surface area contributed by atoms with Crippen LogP contribution >= 0.6 is 0 Å². The average Bonchev–Trinajstić information content (AvgIpc) is 2.85. The largest absolute Gasteiger partial charge is 0.493 e. The number of benzene rings is 1. The standard InChI is InChI=1S/C18H24N2O2/c1-4-8-14-12-20(3)13-16(14)19-18(21)15-9-6-7-10-17(15)22-11-5-2/h6-7,9-10,12-13H,4-5,8,11H2,1-3H3,(H,19,21). The highest BCUT2D eigenvalue weighted by Crippen LogP contribution is 2.23. The molecule has 2 rings (SSSR count). The first-order valence-electron chi connectivity index (χ1n) is 7.83. The lowest BCUT2D eigenvalue weighted by Gasteiger charge is -2.11. The third kappa shape index (κ3) is 3.91. The zero-order valence-corrected chi connectivity index (χ0v) is 13.6. The minimum absolute atomic E-state index is 0.129. The van der Waals surface area contributed by atoms with Gasteiger partial charge in [0.25, 0.3) is 5.91 Å². The van der Waals surface area contributed by atoms with Crippen molar-refractivity contribution in [1.82, 2.24) is 4.57 Å². The van der Waals surface area contributed by atoms with E-state index in [0.29, 0.717) is 17.9 Å². The van der Waals surface area contributed by atoms with Gasteiger partial charge in [0.15, 0.2) is 0 Å². The van der Waals surface area contributed by atoms with Crippen LogP contribution in [0.5, 0.6) is 5.75 Å². The number of para-hydroxylation sites is 1. The van der Waals surface area contributed by atoms with Crippen molar-refractivity contribution in [3.8, 4) is 5.75 Å². The fraction of sp³-hybridized carbons (Fsp3) is 0.389. The first kappa shape index (κ1) is 16.1. The smallest absolute Gasteiger partial charge is 0.259 e. The van der Waals surface area contributed by atoms with Gasteiger partial charge >= 0.3 is 0 Å². The van der Waals surface area contributed by atoms with Crippen LogP contribution in [0.15, 0.2) is 36.7 Å². The van der Waals surface area contributed by atoms with Gasteiger partial charge in [0.2, 0.25) is 0 Å². The molecule has 4 heteroatoms. The van der Waals surface area contributed by atoms with Gasteiger partial charge < -0.3 is 14.6 Å². The molecule has 1 heterocycles. The maximum Gasteiger partial charge on any atom is 0.259 e. The second-order valence-corrected chi connectivity index (χ2v) is 5.41. The Labute approximate surface area is 132 Å². The number of rotatable bonds is 7. The molecule has 2 aromatic rings. The summed E-state index contributed by atoms with van der Waals surface area (Å²) in [5.74, 6) is 0.505. The molecule has 118 valence electrons. The van der Waals surface area contributed by atoms with Crippen LogP contribution < -0.4 is 10.1 Å². The van der Waals surface area contributed by atoms with Crippen LogP contribution in [0, 0.1) is 0 Å². The van der Waals surface area contributed by atoms with E-state index in [1.807, 2.05) is 42.9 Å². The maximum atomic E-state index is 12.6. The van der Waals surface area contributed by atoms with Crippen molar-refractivity contribution in [3.63, 3.8) is 0 Å². The average molecular weight is 300 g/mol. The molecule has 0 unspecified atom stereocenters. The Balaban J connectivity index is 2.19. The van der Waals surface area contributed by atoms with E-state index in [0.717, 1.165) is 30.5 Å². The molecule has 0 saturated carbocycles. The second kappa shape index (κ2) is 7.69. The van der Waals surface area contributed by atoms with Gasteiger partial charge in [-0.2, -0.15) is 0 Å². The monoisotopic (exact) mass is 300 g/mol. The number of hydrogen-bond acceptors (Lipinski definition) is 2. The molecule has 4 nitrogen and oxygen atoms in total. The van der Waals surface area contributed by atoms with Crippen molar-refractivity contribution in [2.75, 3.05) is 11.9 Å². The number of aromatic nitrogens is 1. The number of aryl methyl sites for hydroxylation is 2. The maximum absolute atomic E-state index is 12.6. The normalized spacial score (nSPS) is 10.5. The van der Waals surface area contributed by atoms with Gasteiger partial charge in [0.05, 0.1) is 17.9 Å². The van der Waals surface area contributed by atoms with Crippen LogP contribution in [-0.4, -0.2) is 17.1 Å².